The lowest BCUT2D eigenvalue weighted by Gasteiger charge is -2.20. The zero-order valence-corrected chi connectivity index (χ0v) is 15.4. The predicted molar refractivity (Wildman–Crippen MR) is 104 cm³/mol. The molecule has 0 aliphatic carbocycles. The van der Waals surface area contributed by atoms with Crippen molar-refractivity contribution in [3.8, 4) is 11.1 Å². The number of pyridine rings is 1. The Morgan fingerprint density at radius 3 is 2.78 bits per heavy atom. The molecule has 0 saturated heterocycles. The van der Waals surface area contributed by atoms with Gasteiger partial charge in [0.1, 0.15) is 5.58 Å². The Balaban J connectivity index is 2.13. The number of nitrogens with zero attached hydrogens (tertiary/aromatic N) is 1. The van der Waals surface area contributed by atoms with Crippen LogP contribution in [0.3, 0.4) is 0 Å². The van der Waals surface area contributed by atoms with Crippen molar-refractivity contribution >= 4 is 39.4 Å². The maximum atomic E-state index is 11.8. The molecule has 0 aliphatic rings. The lowest BCUT2D eigenvalue weighted by Crippen LogP contribution is -2.17. The Kier molecular flexibility index (Phi) is 4.34. The summed E-state index contributed by atoms with van der Waals surface area (Å²) in [6.45, 7) is 1.79. The first-order chi connectivity index (χ1) is 13.0. The van der Waals surface area contributed by atoms with E-state index in [1.165, 1.54) is 7.11 Å². The van der Waals surface area contributed by atoms with Crippen molar-refractivity contribution in [2.75, 3.05) is 7.11 Å². The molecule has 4 rings (SSSR count). The van der Waals surface area contributed by atoms with E-state index in [1.54, 1.807) is 25.3 Å². The van der Waals surface area contributed by atoms with Crippen molar-refractivity contribution < 1.29 is 19.1 Å². The number of aromatic nitrogens is 1. The van der Waals surface area contributed by atoms with E-state index >= 15 is 0 Å². The number of fused-ring (bicyclic) bond motifs is 2. The van der Waals surface area contributed by atoms with Gasteiger partial charge in [-0.3, -0.25) is 4.98 Å². The summed E-state index contributed by atoms with van der Waals surface area (Å²) in [4.78, 5) is 16.4. The van der Waals surface area contributed by atoms with Crippen LogP contribution in [0.15, 0.2) is 53.1 Å². The smallest absolute Gasteiger partial charge is 0.337 e. The molecule has 0 aliphatic heterocycles. The Labute approximate surface area is 160 Å². The Hall–Kier alpha value is -2.89. The number of carboxylic acids is 1. The minimum absolute atomic E-state index is 0.516. The van der Waals surface area contributed by atoms with Gasteiger partial charge >= 0.3 is 5.97 Å². The third-order valence-corrected chi connectivity index (χ3v) is 4.87. The molecule has 0 fully saturated rings. The van der Waals surface area contributed by atoms with Crippen molar-refractivity contribution in [3.63, 3.8) is 0 Å². The first-order valence-electron chi connectivity index (χ1n) is 8.32. The zero-order chi connectivity index (χ0) is 19.1. The standard InChI is InChI=1S/C21H16ClNO4/c1-11-18(20(26-2)21(24)25)19(15-10-14(22)4-5-16(15)23-11)13-3-6-17-12(9-13)7-8-27-17/h3-10,20H,1-2H3,(H,24,25). The van der Waals surface area contributed by atoms with Crippen LogP contribution in [0.2, 0.25) is 5.02 Å². The quantitative estimate of drug-likeness (QED) is 0.513. The van der Waals surface area contributed by atoms with E-state index in [4.69, 9.17) is 20.8 Å². The predicted octanol–water partition coefficient (Wildman–Crippen LogP) is 5.38. The van der Waals surface area contributed by atoms with Gasteiger partial charge in [0.05, 0.1) is 11.8 Å². The molecule has 2 aromatic heterocycles. The molecule has 27 heavy (non-hydrogen) atoms. The van der Waals surface area contributed by atoms with Crippen LogP contribution in [0, 0.1) is 6.92 Å². The highest BCUT2D eigenvalue weighted by Crippen LogP contribution is 2.39. The maximum Gasteiger partial charge on any atom is 0.337 e. The second kappa shape index (κ2) is 6.68. The van der Waals surface area contributed by atoms with Gasteiger partial charge in [-0.2, -0.15) is 0 Å². The fourth-order valence-corrected chi connectivity index (χ4v) is 3.64. The summed E-state index contributed by atoms with van der Waals surface area (Å²) in [7, 11) is 1.38. The normalized spacial score (nSPS) is 12.6. The van der Waals surface area contributed by atoms with E-state index in [9.17, 15) is 9.90 Å². The van der Waals surface area contributed by atoms with E-state index < -0.39 is 12.1 Å². The number of aryl methyl sites for hydroxylation is 1. The van der Waals surface area contributed by atoms with Crippen molar-refractivity contribution in [2.24, 2.45) is 0 Å². The average Bonchev–Trinajstić information content (AvgIpc) is 3.10. The van der Waals surface area contributed by atoms with Crippen LogP contribution < -0.4 is 0 Å². The number of aliphatic carboxylic acids is 1. The van der Waals surface area contributed by atoms with E-state index in [2.05, 4.69) is 4.98 Å². The number of furan rings is 1. The molecule has 2 aromatic carbocycles. The number of carboxylic acid groups (broad SMARTS) is 1. The maximum absolute atomic E-state index is 11.8. The van der Waals surface area contributed by atoms with Gasteiger partial charge in [-0.1, -0.05) is 17.7 Å². The second-order valence-corrected chi connectivity index (χ2v) is 6.71. The SMILES string of the molecule is COC(C(=O)O)c1c(C)nc2ccc(Cl)cc2c1-c1ccc2occc2c1. The minimum Gasteiger partial charge on any atom is -0.479 e. The summed E-state index contributed by atoms with van der Waals surface area (Å²) >= 11 is 6.23. The highest BCUT2D eigenvalue weighted by Gasteiger charge is 2.27. The third kappa shape index (κ3) is 2.95. The van der Waals surface area contributed by atoms with E-state index in [-0.39, 0.29) is 0 Å². The molecule has 1 N–H and O–H groups in total. The summed E-state index contributed by atoms with van der Waals surface area (Å²) in [5, 5.41) is 11.9. The van der Waals surface area contributed by atoms with Gasteiger partial charge in [0.2, 0.25) is 0 Å². The molecule has 4 aromatic rings. The van der Waals surface area contributed by atoms with Crippen LogP contribution in [-0.4, -0.2) is 23.2 Å². The fourth-order valence-electron chi connectivity index (χ4n) is 3.47. The number of hydrogen-bond donors (Lipinski definition) is 1. The summed E-state index contributed by atoms with van der Waals surface area (Å²) in [5.74, 6) is -1.07. The highest BCUT2D eigenvalue weighted by molar-refractivity contribution is 6.31. The van der Waals surface area contributed by atoms with Gasteiger partial charge in [0.15, 0.2) is 6.10 Å². The topological polar surface area (TPSA) is 72.6 Å². The molecule has 1 atom stereocenters. The molecular formula is C21H16ClNO4. The van der Waals surface area contributed by atoms with Gasteiger partial charge in [0.25, 0.3) is 0 Å². The summed E-state index contributed by atoms with van der Waals surface area (Å²) in [5.41, 5.74) is 4.21. The number of carbonyl (C=O) groups is 1. The van der Waals surface area contributed by atoms with Gasteiger partial charge in [0, 0.05) is 34.2 Å². The summed E-state index contributed by atoms with van der Waals surface area (Å²) in [6.07, 6.45) is 0.480. The molecular weight excluding hydrogens is 366 g/mol. The molecule has 5 nitrogen and oxygen atoms in total. The van der Waals surface area contributed by atoms with Crippen molar-refractivity contribution in [1.82, 2.24) is 4.98 Å². The first kappa shape index (κ1) is 17.5. The minimum atomic E-state index is -1.14. The van der Waals surface area contributed by atoms with Gasteiger partial charge in [-0.15, -0.1) is 0 Å². The largest absolute Gasteiger partial charge is 0.479 e. The number of halogens is 1. The van der Waals surface area contributed by atoms with Crippen LogP contribution in [0.25, 0.3) is 33.0 Å². The van der Waals surface area contributed by atoms with Crippen molar-refractivity contribution in [1.29, 1.82) is 0 Å². The Morgan fingerprint density at radius 2 is 2.04 bits per heavy atom. The van der Waals surface area contributed by atoms with E-state index in [0.29, 0.717) is 16.3 Å². The molecule has 136 valence electrons. The summed E-state index contributed by atoms with van der Waals surface area (Å²) < 4.78 is 10.7. The molecule has 0 spiro atoms. The van der Waals surface area contributed by atoms with Gasteiger partial charge < -0.3 is 14.3 Å². The molecule has 0 amide bonds. The highest BCUT2D eigenvalue weighted by atomic mass is 35.5. The van der Waals surface area contributed by atoms with Crippen molar-refractivity contribution in [3.05, 3.63) is 65.0 Å². The Bertz CT molecular complexity index is 1180. The second-order valence-electron chi connectivity index (χ2n) is 6.27. The number of ether oxygens (including phenoxy) is 1. The number of benzene rings is 2. The number of hydrogen-bond acceptors (Lipinski definition) is 4. The first-order valence-corrected chi connectivity index (χ1v) is 8.70. The van der Waals surface area contributed by atoms with Crippen LogP contribution in [0.1, 0.15) is 17.4 Å². The zero-order valence-electron chi connectivity index (χ0n) is 14.7. The molecule has 0 radical (unpaired) electrons. The van der Waals surface area contributed by atoms with E-state index in [0.717, 1.165) is 33.0 Å². The van der Waals surface area contributed by atoms with Gasteiger partial charge in [-0.25, -0.2) is 4.79 Å². The molecule has 1 unspecified atom stereocenters. The van der Waals surface area contributed by atoms with Crippen LogP contribution in [-0.2, 0) is 9.53 Å². The molecule has 0 bridgehead atoms. The lowest BCUT2D eigenvalue weighted by molar-refractivity contribution is -0.148. The lowest BCUT2D eigenvalue weighted by atomic mass is 9.91. The molecule has 0 saturated carbocycles. The van der Waals surface area contributed by atoms with Gasteiger partial charge in [-0.05, 0) is 54.4 Å². The average molecular weight is 382 g/mol. The molecule has 2 heterocycles. The third-order valence-electron chi connectivity index (χ3n) is 4.64. The van der Waals surface area contributed by atoms with Crippen LogP contribution in [0.5, 0.6) is 0 Å². The molecule has 6 heteroatoms. The fraction of sp³-hybridized carbons (Fsp3) is 0.143. The van der Waals surface area contributed by atoms with Crippen molar-refractivity contribution in [2.45, 2.75) is 13.0 Å². The number of methoxy groups -OCH3 is 1. The number of rotatable bonds is 4. The Morgan fingerprint density at radius 1 is 1.22 bits per heavy atom. The summed E-state index contributed by atoms with van der Waals surface area (Å²) in [6, 6.07) is 13.0. The van der Waals surface area contributed by atoms with Crippen LogP contribution in [0.4, 0.5) is 0 Å². The van der Waals surface area contributed by atoms with Crippen LogP contribution >= 0.6 is 11.6 Å². The van der Waals surface area contributed by atoms with E-state index in [1.807, 2.05) is 30.3 Å². The monoisotopic (exact) mass is 381 g/mol.